The Hall–Kier alpha value is -2.77. The van der Waals surface area contributed by atoms with E-state index in [2.05, 4.69) is 31.9 Å². The van der Waals surface area contributed by atoms with E-state index in [4.69, 9.17) is 16.0 Å². The van der Waals surface area contributed by atoms with E-state index < -0.39 is 5.91 Å². The van der Waals surface area contributed by atoms with E-state index in [0.717, 1.165) is 10.0 Å². The summed E-state index contributed by atoms with van der Waals surface area (Å²) < 4.78 is 6.06. The van der Waals surface area contributed by atoms with E-state index in [1.54, 1.807) is 30.3 Å². The molecule has 0 aliphatic rings. The number of aryl methyl sites for hydroxylation is 1. The molecule has 1 aromatic heterocycles. The molecule has 144 valence electrons. The number of anilines is 3. The third-order valence-electron chi connectivity index (χ3n) is 3.86. The lowest BCUT2D eigenvalue weighted by molar-refractivity contribution is -0.114. The lowest BCUT2D eigenvalue weighted by Gasteiger charge is -2.13. The topological polar surface area (TPSA) is 83.4 Å². The largest absolute Gasteiger partial charge is 0.459 e. The van der Waals surface area contributed by atoms with Gasteiger partial charge in [0.1, 0.15) is 0 Å². The number of carbonyl (C=O) groups excluding carboxylic acids is 2. The van der Waals surface area contributed by atoms with Gasteiger partial charge in [-0.05, 0) is 61.0 Å². The molecule has 0 saturated carbocycles. The summed E-state index contributed by atoms with van der Waals surface area (Å²) in [6, 6.07) is 13.7. The molecule has 0 spiro atoms. The molecule has 28 heavy (non-hydrogen) atoms. The van der Waals surface area contributed by atoms with Gasteiger partial charge < -0.3 is 20.4 Å². The van der Waals surface area contributed by atoms with Gasteiger partial charge in [-0.1, -0.05) is 27.5 Å². The predicted molar refractivity (Wildman–Crippen MR) is 114 cm³/mol. The molecule has 0 unspecified atom stereocenters. The highest BCUT2D eigenvalue weighted by Gasteiger charge is 2.13. The molecule has 1 heterocycles. The van der Waals surface area contributed by atoms with Crippen LogP contribution >= 0.6 is 27.5 Å². The lowest BCUT2D eigenvalue weighted by atomic mass is 10.2. The summed E-state index contributed by atoms with van der Waals surface area (Å²) in [5.74, 6) is -0.459. The van der Waals surface area contributed by atoms with Crippen LogP contribution in [-0.2, 0) is 4.79 Å². The summed E-state index contributed by atoms with van der Waals surface area (Å²) in [4.78, 5) is 24.5. The van der Waals surface area contributed by atoms with Crippen molar-refractivity contribution in [1.29, 1.82) is 0 Å². The van der Waals surface area contributed by atoms with Crippen LogP contribution in [-0.4, -0.2) is 18.4 Å². The molecule has 0 bridgehead atoms. The van der Waals surface area contributed by atoms with Gasteiger partial charge in [0.25, 0.3) is 5.91 Å². The fraction of sp³-hybridized carbons (Fsp3) is 0.100. The van der Waals surface area contributed by atoms with Crippen molar-refractivity contribution in [3.63, 3.8) is 0 Å². The van der Waals surface area contributed by atoms with E-state index in [1.807, 2.05) is 25.1 Å². The summed E-state index contributed by atoms with van der Waals surface area (Å²) in [5, 5.41) is 9.01. The first kappa shape index (κ1) is 20.0. The van der Waals surface area contributed by atoms with Crippen molar-refractivity contribution < 1.29 is 14.0 Å². The Balaban J connectivity index is 1.65. The number of hydrogen-bond acceptors (Lipinski definition) is 4. The van der Waals surface area contributed by atoms with Crippen LogP contribution in [0.4, 0.5) is 17.1 Å². The molecular formula is C20H17BrClN3O3. The quantitative estimate of drug-likeness (QED) is 0.464. The molecule has 0 aliphatic heterocycles. The molecule has 0 aliphatic carbocycles. The number of halogens is 2. The summed E-state index contributed by atoms with van der Waals surface area (Å²) in [7, 11) is 0. The van der Waals surface area contributed by atoms with Crippen LogP contribution in [0.5, 0.6) is 0 Å². The zero-order valence-corrected chi connectivity index (χ0v) is 17.2. The first-order valence-corrected chi connectivity index (χ1v) is 9.54. The van der Waals surface area contributed by atoms with Crippen LogP contribution in [0, 0.1) is 6.92 Å². The zero-order valence-electron chi connectivity index (χ0n) is 14.9. The third-order valence-corrected chi connectivity index (χ3v) is 4.98. The van der Waals surface area contributed by atoms with Crippen LogP contribution < -0.4 is 16.0 Å². The van der Waals surface area contributed by atoms with Crippen LogP contribution in [0.15, 0.2) is 63.7 Å². The van der Waals surface area contributed by atoms with Gasteiger partial charge in [-0.25, -0.2) is 0 Å². The predicted octanol–water partition coefficient (Wildman–Crippen LogP) is 5.31. The normalized spacial score (nSPS) is 10.4. The van der Waals surface area contributed by atoms with Gasteiger partial charge in [0.2, 0.25) is 5.91 Å². The minimum absolute atomic E-state index is 0.0143. The Morgan fingerprint density at radius 1 is 1.07 bits per heavy atom. The molecule has 3 aromatic rings. The number of nitrogens with one attached hydrogen (secondary N) is 3. The van der Waals surface area contributed by atoms with Crippen LogP contribution in [0.2, 0.25) is 5.02 Å². The van der Waals surface area contributed by atoms with Gasteiger partial charge in [-0.2, -0.15) is 0 Å². The number of rotatable bonds is 6. The second-order valence-electron chi connectivity index (χ2n) is 5.99. The average Bonchev–Trinajstić information content (AvgIpc) is 3.19. The van der Waals surface area contributed by atoms with Gasteiger partial charge in [-0.15, -0.1) is 0 Å². The summed E-state index contributed by atoms with van der Waals surface area (Å²) in [6.07, 6.45) is 1.42. The highest BCUT2D eigenvalue weighted by atomic mass is 79.9. The van der Waals surface area contributed by atoms with Crippen LogP contribution in [0.25, 0.3) is 0 Å². The zero-order chi connectivity index (χ0) is 20.1. The maximum atomic E-state index is 12.3. The van der Waals surface area contributed by atoms with E-state index in [-0.39, 0.29) is 18.2 Å². The minimum Gasteiger partial charge on any atom is -0.459 e. The molecular weight excluding hydrogens is 446 g/mol. The number of benzene rings is 2. The van der Waals surface area contributed by atoms with Gasteiger partial charge in [0.05, 0.1) is 24.2 Å². The fourth-order valence-corrected chi connectivity index (χ4v) is 2.89. The highest BCUT2D eigenvalue weighted by Crippen LogP contribution is 2.26. The summed E-state index contributed by atoms with van der Waals surface area (Å²) >= 11 is 9.46. The van der Waals surface area contributed by atoms with Crippen LogP contribution in [0.1, 0.15) is 16.1 Å². The average molecular weight is 463 g/mol. The number of carbonyl (C=O) groups is 2. The molecule has 2 amide bonds. The molecule has 0 radical (unpaired) electrons. The Morgan fingerprint density at radius 2 is 1.89 bits per heavy atom. The maximum Gasteiger partial charge on any atom is 0.291 e. The molecule has 8 heteroatoms. The molecule has 3 rings (SSSR count). The summed E-state index contributed by atoms with van der Waals surface area (Å²) in [6.45, 7) is 1.96. The molecule has 3 N–H and O–H groups in total. The van der Waals surface area contributed by atoms with Gasteiger partial charge >= 0.3 is 0 Å². The molecule has 0 saturated heterocycles. The SMILES string of the molecule is Cc1cc(NC(=O)CNc2ccc(Cl)cc2NC(=O)c2ccco2)ccc1Br. The smallest absolute Gasteiger partial charge is 0.291 e. The van der Waals surface area contributed by atoms with E-state index in [1.165, 1.54) is 6.26 Å². The van der Waals surface area contributed by atoms with Crippen LogP contribution in [0.3, 0.4) is 0 Å². The van der Waals surface area contributed by atoms with E-state index >= 15 is 0 Å². The third kappa shape index (κ3) is 5.15. The second kappa shape index (κ2) is 8.95. The Bertz CT molecular complexity index is 1010. The molecule has 0 fully saturated rings. The monoisotopic (exact) mass is 461 g/mol. The minimum atomic E-state index is -0.412. The van der Waals surface area contributed by atoms with Crippen molar-refractivity contribution in [1.82, 2.24) is 0 Å². The molecule has 6 nitrogen and oxygen atoms in total. The van der Waals surface area contributed by atoms with Crippen molar-refractivity contribution in [2.24, 2.45) is 0 Å². The lowest BCUT2D eigenvalue weighted by Crippen LogP contribution is -2.22. The van der Waals surface area contributed by atoms with Gasteiger partial charge in [0, 0.05) is 15.2 Å². The molecule has 0 atom stereocenters. The highest BCUT2D eigenvalue weighted by molar-refractivity contribution is 9.10. The van der Waals surface area contributed by atoms with Crippen molar-refractivity contribution >= 4 is 56.4 Å². The first-order valence-electron chi connectivity index (χ1n) is 8.36. The fourth-order valence-electron chi connectivity index (χ4n) is 2.47. The standard InChI is InChI=1S/C20H17BrClN3O3/c1-12-9-14(5-6-15(12)21)24-19(26)11-23-16-7-4-13(22)10-17(16)25-20(27)18-3-2-8-28-18/h2-10,23H,11H2,1H3,(H,24,26)(H,25,27). The Morgan fingerprint density at radius 3 is 2.61 bits per heavy atom. The van der Waals surface area contributed by atoms with E-state index in [0.29, 0.717) is 22.1 Å². The van der Waals surface area contributed by atoms with Crippen molar-refractivity contribution in [2.45, 2.75) is 6.92 Å². The first-order chi connectivity index (χ1) is 13.4. The number of hydrogen-bond donors (Lipinski definition) is 3. The number of furan rings is 1. The number of amides is 2. The summed E-state index contributed by atoms with van der Waals surface area (Å²) in [5.41, 5.74) is 2.73. The Labute approximate surface area is 175 Å². The molecule has 2 aromatic carbocycles. The Kier molecular flexibility index (Phi) is 6.38. The van der Waals surface area contributed by atoms with Gasteiger partial charge in [-0.3, -0.25) is 9.59 Å². The van der Waals surface area contributed by atoms with Crippen molar-refractivity contribution in [3.05, 3.63) is 75.6 Å². The second-order valence-corrected chi connectivity index (χ2v) is 7.28. The van der Waals surface area contributed by atoms with Crippen molar-refractivity contribution in [3.8, 4) is 0 Å². The maximum absolute atomic E-state index is 12.3. The van der Waals surface area contributed by atoms with E-state index in [9.17, 15) is 9.59 Å². The van der Waals surface area contributed by atoms with Gasteiger partial charge in [0.15, 0.2) is 5.76 Å². The van der Waals surface area contributed by atoms with Crippen molar-refractivity contribution in [2.75, 3.05) is 22.5 Å².